The molecule has 0 saturated carbocycles. The maximum Gasteiger partial charge on any atom is 0.0293 e. The third kappa shape index (κ3) is 1.96. The Morgan fingerprint density at radius 3 is 2.40 bits per heavy atom. The van der Waals surface area contributed by atoms with Crippen molar-refractivity contribution in [2.45, 2.75) is 26.8 Å². The van der Waals surface area contributed by atoms with Crippen molar-refractivity contribution in [1.82, 2.24) is 10.6 Å². The van der Waals surface area contributed by atoms with Crippen LogP contribution in [-0.2, 0) is 0 Å². The normalized spacial score (nSPS) is 28.5. The van der Waals surface area contributed by atoms with E-state index < -0.39 is 0 Å². The lowest BCUT2D eigenvalue weighted by Gasteiger charge is -2.34. The van der Waals surface area contributed by atoms with Crippen LogP contribution < -0.4 is 10.6 Å². The molecule has 0 aromatic heterocycles. The highest BCUT2D eigenvalue weighted by molar-refractivity contribution is 4.85. The topological polar surface area (TPSA) is 26.1 Å². The van der Waals surface area contributed by atoms with Gasteiger partial charge in [-0.05, 0) is 5.41 Å². The fraction of sp³-hybridized carbons (Fsp3) is 1.00. The summed E-state index contributed by atoms with van der Waals surface area (Å²) in [4.78, 5) is 0. The third-order valence-corrected chi connectivity index (χ3v) is 2.02. The monoisotopic (exact) mass is 141 g/mol. The number of piperazine rings is 1. The van der Waals surface area contributed by atoms with Crippen molar-refractivity contribution in [3.05, 3.63) is 0 Å². The number of nitrogens with zero attached hydrogens (tertiary/aromatic N) is 1. The predicted octanol–water partition coefficient (Wildman–Crippen LogP) is 0.609. The minimum Gasteiger partial charge on any atom is -0.311 e. The largest absolute Gasteiger partial charge is 0.311 e. The molecule has 1 radical (unpaired) electrons. The van der Waals surface area contributed by atoms with Crippen molar-refractivity contribution in [3.63, 3.8) is 0 Å². The van der Waals surface area contributed by atoms with Gasteiger partial charge in [-0.25, -0.2) is 5.32 Å². The lowest BCUT2D eigenvalue weighted by molar-refractivity contribution is 0.237. The number of hydrogen-bond acceptors (Lipinski definition) is 1. The van der Waals surface area contributed by atoms with E-state index in [4.69, 9.17) is 0 Å². The molecule has 1 fully saturated rings. The lowest BCUT2D eigenvalue weighted by Crippen LogP contribution is -2.51. The smallest absolute Gasteiger partial charge is 0.0293 e. The van der Waals surface area contributed by atoms with Gasteiger partial charge in [0.25, 0.3) is 0 Å². The zero-order chi connectivity index (χ0) is 7.61. The Labute approximate surface area is 63.4 Å². The van der Waals surface area contributed by atoms with E-state index in [1.54, 1.807) is 0 Å². The third-order valence-electron chi connectivity index (χ3n) is 2.02. The number of nitrogens with one attached hydrogen (secondary N) is 1. The van der Waals surface area contributed by atoms with Gasteiger partial charge in [0, 0.05) is 25.7 Å². The van der Waals surface area contributed by atoms with Crippen molar-refractivity contribution in [1.29, 1.82) is 0 Å². The molecular formula is C8H17N2. The molecule has 59 valence electrons. The molecule has 1 atom stereocenters. The lowest BCUT2D eigenvalue weighted by atomic mass is 9.86. The van der Waals surface area contributed by atoms with Gasteiger partial charge in [0.2, 0.25) is 0 Å². The molecule has 10 heavy (non-hydrogen) atoms. The summed E-state index contributed by atoms with van der Waals surface area (Å²) in [5.41, 5.74) is 0.365. The summed E-state index contributed by atoms with van der Waals surface area (Å²) in [6, 6.07) is 0.584. The average Bonchev–Trinajstić information content (AvgIpc) is 1.88. The molecule has 0 aromatic rings. The van der Waals surface area contributed by atoms with Crippen LogP contribution >= 0.6 is 0 Å². The van der Waals surface area contributed by atoms with Crippen LogP contribution in [-0.4, -0.2) is 25.7 Å². The number of hydrogen-bond donors (Lipinski definition) is 1. The van der Waals surface area contributed by atoms with Gasteiger partial charge in [-0.3, -0.25) is 0 Å². The van der Waals surface area contributed by atoms with Crippen LogP contribution in [0.2, 0.25) is 0 Å². The van der Waals surface area contributed by atoms with Crippen LogP contribution in [0.25, 0.3) is 0 Å². The SMILES string of the molecule is CC(C)(C)C1C[N]CCN1. The van der Waals surface area contributed by atoms with E-state index in [2.05, 4.69) is 31.4 Å². The number of rotatable bonds is 0. The Balaban J connectivity index is 2.39. The molecule has 0 aromatic carbocycles. The second kappa shape index (κ2) is 2.89. The maximum atomic E-state index is 4.36. The van der Waals surface area contributed by atoms with Gasteiger partial charge >= 0.3 is 0 Å². The molecule has 1 aliphatic heterocycles. The second-order valence-corrected chi connectivity index (χ2v) is 4.00. The van der Waals surface area contributed by atoms with Gasteiger partial charge in [-0.2, -0.15) is 0 Å². The van der Waals surface area contributed by atoms with Crippen molar-refractivity contribution >= 4 is 0 Å². The Hall–Kier alpha value is -0.0800. The molecule has 0 spiro atoms. The van der Waals surface area contributed by atoms with E-state index in [0.29, 0.717) is 11.5 Å². The van der Waals surface area contributed by atoms with Crippen LogP contribution in [0.5, 0.6) is 0 Å². The molecule has 1 saturated heterocycles. The van der Waals surface area contributed by atoms with Gasteiger partial charge in [0.05, 0.1) is 0 Å². The van der Waals surface area contributed by atoms with Gasteiger partial charge in [0.1, 0.15) is 0 Å². The minimum atomic E-state index is 0.365. The Morgan fingerprint density at radius 2 is 2.10 bits per heavy atom. The van der Waals surface area contributed by atoms with Crippen LogP contribution in [0, 0.1) is 5.41 Å². The molecule has 0 aliphatic carbocycles. The molecular weight excluding hydrogens is 124 g/mol. The average molecular weight is 141 g/mol. The van der Waals surface area contributed by atoms with E-state index in [1.807, 2.05) is 0 Å². The first-order valence-electron chi connectivity index (χ1n) is 3.97. The molecule has 0 bridgehead atoms. The van der Waals surface area contributed by atoms with Crippen LogP contribution in [0.3, 0.4) is 0 Å². The first-order valence-corrected chi connectivity index (χ1v) is 3.97. The van der Waals surface area contributed by atoms with Crippen LogP contribution in [0.4, 0.5) is 0 Å². The summed E-state index contributed by atoms with van der Waals surface area (Å²) < 4.78 is 0. The minimum absolute atomic E-state index is 0.365. The van der Waals surface area contributed by atoms with Crippen molar-refractivity contribution < 1.29 is 0 Å². The van der Waals surface area contributed by atoms with E-state index in [0.717, 1.165) is 19.6 Å². The van der Waals surface area contributed by atoms with Crippen LogP contribution in [0.1, 0.15) is 20.8 Å². The quantitative estimate of drug-likeness (QED) is 0.525. The fourth-order valence-electron chi connectivity index (χ4n) is 1.18. The Morgan fingerprint density at radius 1 is 1.40 bits per heavy atom. The molecule has 2 nitrogen and oxygen atoms in total. The summed E-state index contributed by atoms with van der Waals surface area (Å²) in [6.07, 6.45) is 0. The molecule has 2 heteroatoms. The molecule has 1 heterocycles. The summed E-state index contributed by atoms with van der Waals surface area (Å²) in [7, 11) is 0. The molecule has 0 amide bonds. The van der Waals surface area contributed by atoms with Gasteiger partial charge in [0.15, 0.2) is 0 Å². The highest BCUT2D eigenvalue weighted by Crippen LogP contribution is 2.19. The van der Waals surface area contributed by atoms with Gasteiger partial charge in [-0.15, -0.1) is 0 Å². The van der Waals surface area contributed by atoms with E-state index in [1.165, 1.54) is 0 Å². The van der Waals surface area contributed by atoms with Crippen molar-refractivity contribution in [2.75, 3.05) is 19.6 Å². The summed E-state index contributed by atoms with van der Waals surface area (Å²) in [5, 5.41) is 7.83. The predicted molar refractivity (Wildman–Crippen MR) is 43.1 cm³/mol. The van der Waals surface area contributed by atoms with E-state index in [9.17, 15) is 0 Å². The Bertz CT molecular complexity index is 98.3. The Kier molecular flexibility index (Phi) is 2.32. The van der Waals surface area contributed by atoms with E-state index >= 15 is 0 Å². The first-order chi connectivity index (χ1) is 4.61. The van der Waals surface area contributed by atoms with Crippen molar-refractivity contribution in [3.8, 4) is 0 Å². The molecule has 1 unspecified atom stereocenters. The van der Waals surface area contributed by atoms with Crippen molar-refractivity contribution in [2.24, 2.45) is 5.41 Å². The summed E-state index contributed by atoms with van der Waals surface area (Å²) in [5.74, 6) is 0. The fourth-order valence-corrected chi connectivity index (χ4v) is 1.18. The summed E-state index contributed by atoms with van der Waals surface area (Å²) in [6.45, 7) is 9.81. The molecule has 1 rings (SSSR count). The first kappa shape index (κ1) is 8.02. The van der Waals surface area contributed by atoms with E-state index in [-0.39, 0.29) is 0 Å². The maximum absolute atomic E-state index is 4.36. The zero-order valence-corrected chi connectivity index (χ0v) is 7.15. The van der Waals surface area contributed by atoms with Crippen LogP contribution in [0.15, 0.2) is 0 Å². The highest BCUT2D eigenvalue weighted by atomic mass is 15.1. The summed E-state index contributed by atoms with van der Waals surface area (Å²) >= 11 is 0. The second-order valence-electron chi connectivity index (χ2n) is 4.00. The highest BCUT2D eigenvalue weighted by Gasteiger charge is 2.25. The van der Waals surface area contributed by atoms with Gasteiger partial charge < -0.3 is 5.32 Å². The standard InChI is InChI=1S/C8H17N2/c1-8(2,3)7-6-9-4-5-10-7/h7,10H,4-6H2,1-3H3. The van der Waals surface area contributed by atoms with Gasteiger partial charge in [-0.1, -0.05) is 20.8 Å². The zero-order valence-electron chi connectivity index (χ0n) is 7.15. The molecule has 1 aliphatic rings. The molecule has 1 N–H and O–H groups in total.